The summed E-state index contributed by atoms with van der Waals surface area (Å²) in [4.78, 5) is 2.27. The van der Waals surface area contributed by atoms with Crippen molar-refractivity contribution in [1.82, 2.24) is 10.2 Å². The normalized spacial score (nSPS) is 18.6. The van der Waals surface area contributed by atoms with Gasteiger partial charge in [-0.1, -0.05) is 23.7 Å². The van der Waals surface area contributed by atoms with E-state index in [4.69, 9.17) is 11.6 Å². The Morgan fingerprint density at radius 2 is 2.17 bits per heavy atom. The third-order valence-electron chi connectivity index (χ3n) is 3.32. The van der Waals surface area contributed by atoms with Gasteiger partial charge in [0.25, 0.3) is 0 Å². The molecule has 2 nitrogen and oxygen atoms in total. The third kappa shape index (κ3) is 2.91. The lowest BCUT2D eigenvalue weighted by atomic mass is 10.0. The summed E-state index contributed by atoms with van der Waals surface area (Å²) >= 11 is 6.16. The first kappa shape index (κ1) is 13.5. The molecule has 18 heavy (non-hydrogen) atoms. The van der Waals surface area contributed by atoms with Crippen LogP contribution in [0.1, 0.15) is 18.0 Å². The molecule has 1 atom stereocenters. The van der Waals surface area contributed by atoms with E-state index in [0.717, 1.165) is 26.2 Å². The zero-order valence-electron chi connectivity index (χ0n) is 10.3. The maximum absolute atomic E-state index is 14.0. The number of halogens is 2. The lowest BCUT2D eigenvalue weighted by Gasteiger charge is -2.35. The Labute approximate surface area is 112 Å². The first-order valence-corrected chi connectivity index (χ1v) is 6.61. The second-order valence-electron chi connectivity index (χ2n) is 4.46. The summed E-state index contributed by atoms with van der Waals surface area (Å²) in [6, 6.07) is 4.85. The fourth-order valence-corrected chi connectivity index (χ4v) is 2.72. The van der Waals surface area contributed by atoms with Crippen molar-refractivity contribution in [3.8, 4) is 0 Å². The van der Waals surface area contributed by atoms with Gasteiger partial charge >= 0.3 is 0 Å². The van der Waals surface area contributed by atoms with E-state index in [1.807, 2.05) is 6.08 Å². The summed E-state index contributed by atoms with van der Waals surface area (Å²) in [6.45, 7) is 7.44. The number of benzene rings is 1. The van der Waals surface area contributed by atoms with E-state index >= 15 is 0 Å². The average molecular weight is 269 g/mol. The van der Waals surface area contributed by atoms with E-state index in [9.17, 15) is 4.39 Å². The Bertz CT molecular complexity index is 396. The summed E-state index contributed by atoms with van der Waals surface area (Å²) < 4.78 is 14.0. The van der Waals surface area contributed by atoms with Crippen LogP contribution in [0.2, 0.25) is 5.02 Å². The highest BCUT2D eigenvalue weighted by Gasteiger charge is 2.25. The summed E-state index contributed by atoms with van der Waals surface area (Å²) in [5.74, 6) is -0.229. The van der Waals surface area contributed by atoms with E-state index < -0.39 is 0 Å². The number of nitrogens with one attached hydrogen (secondary N) is 1. The number of piperazine rings is 1. The topological polar surface area (TPSA) is 15.3 Å². The summed E-state index contributed by atoms with van der Waals surface area (Å²) in [6.07, 6.45) is 2.54. The molecule has 98 valence electrons. The minimum atomic E-state index is -0.229. The van der Waals surface area contributed by atoms with Crippen LogP contribution in [0.15, 0.2) is 30.9 Å². The molecule has 1 heterocycles. The smallest absolute Gasteiger partial charge is 0.129 e. The molecule has 1 saturated heterocycles. The van der Waals surface area contributed by atoms with Crippen LogP contribution in [0.5, 0.6) is 0 Å². The molecule has 0 bridgehead atoms. The SMILES string of the molecule is C=CC[C@H](c1c(F)cccc1Cl)N1CCNCC1. The second kappa shape index (κ2) is 6.32. The van der Waals surface area contributed by atoms with Crippen LogP contribution < -0.4 is 5.32 Å². The molecule has 1 aliphatic rings. The molecule has 1 N–H and O–H groups in total. The van der Waals surface area contributed by atoms with Gasteiger partial charge in [0.15, 0.2) is 0 Å². The molecule has 1 fully saturated rings. The Balaban J connectivity index is 2.30. The minimum Gasteiger partial charge on any atom is -0.314 e. The van der Waals surface area contributed by atoms with E-state index in [1.165, 1.54) is 6.07 Å². The Morgan fingerprint density at radius 3 is 2.78 bits per heavy atom. The maximum atomic E-state index is 14.0. The van der Waals surface area contributed by atoms with E-state index in [-0.39, 0.29) is 11.9 Å². The molecule has 0 saturated carbocycles. The van der Waals surface area contributed by atoms with Gasteiger partial charge in [-0.15, -0.1) is 6.58 Å². The zero-order valence-corrected chi connectivity index (χ0v) is 11.1. The predicted molar refractivity (Wildman–Crippen MR) is 73.4 cm³/mol. The van der Waals surface area contributed by atoms with Crippen LogP contribution in [-0.2, 0) is 0 Å². The van der Waals surface area contributed by atoms with Crippen molar-refractivity contribution < 1.29 is 4.39 Å². The molecule has 0 radical (unpaired) electrons. The molecular weight excluding hydrogens is 251 g/mol. The Morgan fingerprint density at radius 1 is 1.44 bits per heavy atom. The lowest BCUT2D eigenvalue weighted by Crippen LogP contribution is -2.45. The number of hydrogen-bond acceptors (Lipinski definition) is 2. The van der Waals surface area contributed by atoms with E-state index in [1.54, 1.807) is 12.1 Å². The zero-order chi connectivity index (χ0) is 13.0. The van der Waals surface area contributed by atoms with E-state index in [0.29, 0.717) is 17.0 Å². The van der Waals surface area contributed by atoms with Crippen LogP contribution in [0.4, 0.5) is 4.39 Å². The highest BCUT2D eigenvalue weighted by molar-refractivity contribution is 6.31. The lowest BCUT2D eigenvalue weighted by molar-refractivity contribution is 0.171. The first-order chi connectivity index (χ1) is 8.74. The predicted octanol–water partition coefficient (Wildman–Crippen LogP) is 3.00. The molecular formula is C14H18ClFN2. The van der Waals surface area contributed by atoms with Gasteiger partial charge in [0.1, 0.15) is 5.82 Å². The van der Waals surface area contributed by atoms with Crippen molar-refractivity contribution in [2.24, 2.45) is 0 Å². The van der Waals surface area contributed by atoms with Crippen molar-refractivity contribution in [3.05, 3.63) is 47.3 Å². The molecule has 1 aromatic carbocycles. The van der Waals surface area contributed by atoms with Gasteiger partial charge in [0, 0.05) is 42.8 Å². The standard InChI is InChI=1S/C14H18ClFN2/c1-2-4-13(18-9-7-17-8-10-18)14-11(15)5-3-6-12(14)16/h2-3,5-6,13,17H,1,4,7-10H2/t13-/m1/s1. The average Bonchev–Trinajstić information content (AvgIpc) is 2.38. The maximum Gasteiger partial charge on any atom is 0.129 e. The number of hydrogen-bond donors (Lipinski definition) is 1. The Hall–Kier alpha value is -0.900. The van der Waals surface area contributed by atoms with Gasteiger partial charge in [-0.2, -0.15) is 0 Å². The summed E-state index contributed by atoms with van der Waals surface area (Å²) in [5.41, 5.74) is 0.598. The minimum absolute atomic E-state index is 0.0155. The van der Waals surface area contributed by atoms with Crippen molar-refractivity contribution in [3.63, 3.8) is 0 Å². The van der Waals surface area contributed by atoms with Gasteiger partial charge in [0.2, 0.25) is 0 Å². The van der Waals surface area contributed by atoms with Crippen LogP contribution in [0.25, 0.3) is 0 Å². The van der Waals surface area contributed by atoms with Crippen LogP contribution in [-0.4, -0.2) is 31.1 Å². The molecule has 1 aromatic rings. The highest BCUT2D eigenvalue weighted by atomic mass is 35.5. The van der Waals surface area contributed by atoms with Crippen molar-refractivity contribution in [2.75, 3.05) is 26.2 Å². The molecule has 1 aliphatic heterocycles. The molecule has 0 amide bonds. The molecule has 0 aromatic heterocycles. The number of rotatable bonds is 4. The fraction of sp³-hybridized carbons (Fsp3) is 0.429. The van der Waals surface area contributed by atoms with Gasteiger partial charge in [-0.05, 0) is 18.6 Å². The number of nitrogens with zero attached hydrogens (tertiary/aromatic N) is 1. The first-order valence-electron chi connectivity index (χ1n) is 6.23. The largest absolute Gasteiger partial charge is 0.314 e. The molecule has 0 unspecified atom stereocenters. The van der Waals surface area contributed by atoms with Gasteiger partial charge in [-0.25, -0.2) is 4.39 Å². The van der Waals surface area contributed by atoms with Crippen LogP contribution in [0.3, 0.4) is 0 Å². The van der Waals surface area contributed by atoms with Crippen molar-refractivity contribution in [1.29, 1.82) is 0 Å². The molecule has 0 aliphatic carbocycles. The van der Waals surface area contributed by atoms with Gasteiger partial charge in [0.05, 0.1) is 0 Å². The van der Waals surface area contributed by atoms with E-state index in [2.05, 4.69) is 16.8 Å². The summed E-state index contributed by atoms with van der Waals surface area (Å²) in [7, 11) is 0. The third-order valence-corrected chi connectivity index (χ3v) is 3.64. The molecule has 2 rings (SSSR count). The monoisotopic (exact) mass is 268 g/mol. The Kier molecular flexibility index (Phi) is 4.75. The fourth-order valence-electron chi connectivity index (χ4n) is 2.43. The van der Waals surface area contributed by atoms with Gasteiger partial charge in [-0.3, -0.25) is 4.90 Å². The van der Waals surface area contributed by atoms with Crippen molar-refractivity contribution >= 4 is 11.6 Å². The second-order valence-corrected chi connectivity index (χ2v) is 4.87. The van der Waals surface area contributed by atoms with Gasteiger partial charge < -0.3 is 5.32 Å². The molecule has 0 spiro atoms. The van der Waals surface area contributed by atoms with Crippen LogP contribution >= 0.6 is 11.6 Å². The summed E-state index contributed by atoms with van der Waals surface area (Å²) in [5, 5.41) is 3.80. The van der Waals surface area contributed by atoms with Crippen LogP contribution in [0, 0.1) is 5.82 Å². The highest BCUT2D eigenvalue weighted by Crippen LogP contribution is 2.32. The quantitative estimate of drug-likeness (QED) is 0.845. The molecule has 4 heteroatoms. The van der Waals surface area contributed by atoms with Crippen molar-refractivity contribution in [2.45, 2.75) is 12.5 Å².